The molecular weight excluding hydrogens is 240 g/mol. The van der Waals surface area contributed by atoms with E-state index in [1.807, 2.05) is 31.2 Å². The summed E-state index contributed by atoms with van der Waals surface area (Å²) in [5, 5.41) is 12.0. The second kappa shape index (κ2) is 5.01. The molecule has 2 aromatic rings. The number of piperazine rings is 1. The number of nitrogens with zero attached hydrogens (tertiary/aromatic N) is 3. The first-order valence-corrected chi connectivity index (χ1v) is 6.62. The maximum atomic E-state index is 5.55. The van der Waals surface area contributed by atoms with Crippen LogP contribution in [0.5, 0.6) is 0 Å². The Hall–Kier alpha value is -1.88. The molecule has 0 amide bonds. The molecule has 1 aliphatic rings. The van der Waals surface area contributed by atoms with E-state index in [2.05, 4.69) is 27.3 Å². The van der Waals surface area contributed by atoms with Crippen LogP contribution in [-0.2, 0) is 0 Å². The van der Waals surface area contributed by atoms with Crippen molar-refractivity contribution >= 4 is 5.82 Å². The van der Waals surface area contributed by atoms with Gasteiger partial charge in [-0.05, 0) is 38.1 Å². The van der Waals surface area contributed by atoms with Gasteiger partial charge in [-0.2, -0.15) is 0 Å². The van der Waals surface area contributed by atoms with Gasteiger partial charge in [0.05, 0.1) is 0 Å². The predicted molar refractivity (Wildman–Crippen MR) is 74.1 cm³/mol. The SMILES string of the molecule is Cc1ccc(-c2ccc(N3CCNCC3C)nn2)o1. The molecule has 1 aliphatic heterocycles. The summed E-state index contributed by atoms with van der Waals surface area (Å²) in [5.41, 5.74) is 0.777. The Morgan fingerprint density at radius 2 is 2.16 bits per heavy atom. The first-order chi connectivity index (χ1) is 9.24. The third kappa shape index (κ3) is 2.46. The smallest absolute Gasteiger partial charge is 0.154 e. The van der Waals surface area contributed by atoms with Crippen LogP contribution in [0.15, 0.2) is 28.7 Å². The number of anilines is 1. The van der Waals surface area contributed by atoms with Crippen molar-refractivity contribution in [1.82, 2.24) is 15.5 Å². The van der Waals surface area contributed by atoms with Crippen LogP contribution >= 0.6 is 0 Å². The van der Waals surface area contributed by atoms with Gasteiger partial charge in [-0.25, -0.2) is 0 Å². The topological polar surface area (TPSA) is 54.2 Å². The van der Waals surface area contributed by atoms with E-state index in [1.165, 1.54) is 0 Å². The zero-order valence-corrected chi connectivity index (χ0v) is 11.3. The second-order valence-corrected chi connectivity index (χ2v) is 4.93. The molecule has 19 heavy (non-hydrogen) atoms. The maximum Gasteiger partial charge on any atom is 0.154 e. The van der Waals surface area contributed by atoms with Crippen LogP contribution in [0, 0.1) is 6.92 Å². The quantitative estimate of drug-likeness (QED) is 0.890. The minimum atomic E-state index is 0.444. The fourth-order valence-electron chi connectivity index (χ4n) is 2.36. The average Bonchev–Trinajstić information content (AvgIpc) is 2.86. The largest absolute Gasteiger partial charge is 0.460 e. The van der Waals surface area contributed by atoms with E-state index in [0.29, 0.717) is 6.04 Å². The monoisotopic (exact) mass is 258 g/mol. The summed E-state index contributed by atoms with van der Waals surface area (Å²) in [7, 11) is 0. The highest BCUT2D eigenvalue weighted by molar-refractivity contribution is 5.54. The van der Waals surface area contributed by atoms with Gasteiger partial charge < -0.3 is 14.6 Å². The molecule has 2 aromatic heterocycles. The van der Waals surface area contributed by atoms with Crippen molar-refractivity contribution in [2.45, 2.75) is 19.9 Å². The van der Waals surface area contributed by atoms with Gasteiger partial charge in [-0.15, -0.1) is 10.2 Å². The highest BCUT2D eigenvalue weighted by Crippen LogP contribution is 2.21. The van der Waals surface area contributed by atoms with Gasteiger partial charge >= 0.3 is 0 Å². The maximum absolute atomic E-state index is 5.55. The van der Waals surface area contributed by atoms with Crippen molar-refractivity contribution in [3.8, 4) is 11.5 Å². The van der Waals surface area contributed by atoms with E-state index in [9.17, 15) is 0 Å². The summed E-state index contributed by atoms with van der Waals surface area (Å²) in [4.78, 5) is 2.28. The standard InChI is InChI=1S/C14H18N4O/c1-10-9-15-7-8-18(10)14-6-4-12(16-17-14)13-5-3-11(2)19-13/h3-6,10,15H,7-9H2,1-2H3. The minimum absolute atomic E-state index is 0.444. The molecule has 3 rings (SSSR count). The Morgan fingerprint density at radius 1 is 1.26 bits per heavy atom. The van der Waals surface area contributed by atoms with Crippen molar-refractivity contribution in [1.29, 1.82) is 0 Å². The van der Waals surface area contributed by atoms with Crippen LogP contribution in [0.3, 0.4) is 0 Å². The Morgan fingerprint density at radius 3 is 2.79 bits per heavy atom. The van der Waals surface area contributed by atoms with Crippen molar-refractivity contribution in [3.63, 3.8) is 0 Å². The number of aromatic nitrogens is 2. The van der Waals surface area contributed by atoms with E-state index in [-0.39, 0.29) is 0 Å². The fourth-order valence-corrected chi connectivity index (χ4v) is 2.36. The number of aryl methyl sites for hydroxylation is 1. The van der Waals surface area contributed by atoms with E-state index in [1.54, 1.807) is 0 Å². The lowest BCUT2D eigenvalue weighted by atomic mass is 10.2. The van der Waals surface area contributed by atoms with Crippen LogP contribution in [-0.4, -0.2) is 35.9 Å². The van der Waals surface area contributed by atoms with Gasteiger partial charge in [0.2, 0.25) is 0 Å². The molecule has 0 bridgehead atoms. The van der Waals surface area contributed by atoms with Crippen molar-refractivity contribution in [3.05, 3.63) is 30.0 Å². The lowest BCUT2D eigenvalue weighted by Crippen LogP contribution is -2.50. The normalized spacial score (nSPS) is 19.7. The third-order valence-corrected chi connectivity index (χ3v) is 3.44. The third-order valence-electron chi connectivity index (χ3n) is 3.44. The number of furan rings is 1. The van der Waals surface area contributed by atoms with E-state index in [0.717, 1.165) is 42.7 Å². The Kier molecular flexibility index (Phi) is 3.21. The van der Waals surface area contributed by atoms with Crippen LogP contribution in [0.1, 0.15) is 12.7 Å². The van der Waals surface area contributed by atoms with Crippen LogP contribution in [0.2, 0.25) is 0 Å². The van der Waals surface area contributed by atoms with Crippen molar-refractivity contribution in [2.24, 2.45) is 0 Å². The molecule has 1 fully saturated rings. The molecule has 0 aliphatic carbocycles. The molecule has 1 unspecified atom stereocenters. The zero-order chi connectivity index (χ0) is 13.2. The van der Waals surface area contributed by atoms with Gasteiger partial charge in [0.1, 0.15) is 11.5 Å². The Labute approximate surface area is 112 Å². The number of hydrogen-bond acceptors (Lipinski definition) is 5. The highest BCUT2D eigenvalue weighted by atomic mass is 16.3. The van der Waals surface area contributed by atoms with Crippen LogP contribution in [0.4, 0.5) is 5.82 Å². The molecular formula is C14H18N4O. The number of hydrogen-bond donors (Lipinski definition) is 1. The summed E-state index contributed by atoms with van der Waals surface area (Å²) < 4.78 is 5.55. The lowest BCUT2D eigenvalue weighted by Gasteiger charge is -2.34. The molecule has 3 heterocycles. The summed E-state index contributed by atoms with van der Waals surface area (Å²) in [5.74, 6) is 2.59. The van der Waals surface area contributed by atoms with E-state index < -0.39 is 0 Å². The molecule has 100 valence electrons. The van der Waals surface area contributed by atoms with Crippen molar-refractivity contribution in [2.75, 3.05) is 24.5 Å². The molecule has 0 spiro atoms. The molecule has 0 saturated carbocycles. The first-order valence-electron chi connectivity index (χ1n) is 6.62. The highest BCUT2D eigenvalue weighted by Gasteiger charge is 2.19. The second-order valence-electron chi connectivity index (χ2n) is 4.93. The van der Waals surface area contributed by atoms with Gasteiger partial charge in [0.15, 0.2) is 11.6 Å². The molecule has 5 nitrogen and oxygen atoms in total. The van der Waals surface area contributed by atoms with E-state index >= 15 is 0 Å². The first kappa shape index (κ1) is 12.2. The minimum Gasteiger partial charge on any atom is -0.460 e. The van der Waals surface area contributed by atoms with Gasteiger partial charge in [0, 0.05) is 25.7 Å². The van der Waals surface area contributed by atoms with Crippen LogP contribution in [0.25, 0.3) is 11.5 Å². The molecule has 1 atom stereocenters. The summed E-state index contributed by atoms with van der Waals surface area (Å²) in [6, 6.07) is 8.28. The summed E-state index contributed by atoms with van der Waals surface area (Å²) in [6.45, 7) is 7.06. The van der Waals surface area contributed by atoms with Gasteiger partial charge in [-0.3, -0.25) is 0 Å². The molecule has 0 radical (unpaired) electrons. The summed E-state index contributed by atoms with van der Waals surface area (Å²) >= 11 is 0. The van der Waals surface area contributed by atoms with E-state index in [4.69, 9.17) is 4.42 Å². The van der Waals surface area contributed by atoms with Crippen molar-refractivity contribution < 1.29 is 4.42 Å². The van der Waals surface area contributed by atoms with Gasteiger partial charge in [0.25, 0.3) is 0 Å². The molecule has 1 N–H and O–H groups in total. The molecule has 5 heteroatoms. The Bertz CT molecular complexity index is 549. The Balaban J connectivity index is 1.82. The average molecular weight is 258 g/mol. The molecule has 0 aromatic carbocycles. The fraction of sp³-hybridized carbons (Fsp3) is 0.429. The zero-order valence-electron chi connectivity index (χ0n) is 11.3. The predicted octanol–water partition coefficient (Wildman–Crippen LogP) is 1.84. The number of rotatable bonds is 2. The molecule has 1 saturated heterocycles. The number of nitrogens with one attached hydrogen (secondary N) is 1. The summed E-state index contributed by atoms with van der Waals surface area (Å²) in [6.07, 6.45) is 0. The lowest BCUT2D eigenvalue weighted by molar-refractivity contribution is 0.495. The van der Waals surface area contributed by atoms with Gasteiger partial charge in [-0.1, -0.05) is 0 Å². The van der Waals surface area contributed by atoms with Crippen LogP contribution < -0.4 is 10.2 Å².